The van der Waals surface area contributed by atoms with Crippen LogP contribution in [0.1, 0.15) is 0 Å². The van der Waals surface area contributed by atoms with Gasteiger partial charge in [0.1, 0.15) is 0 Å². The summed E-state index contributed by atoms with van der Waals surface area (Å²) in [6.45, 7) is 0. The topological polar surface area (TPSA) is 29.1 Å². The highest BCUT2D eigenvalue weighted by Crippen LogP contribution is 2.60. The molecule has 1 amide bonds. The van der Waals surface area contributed by atoms with E-state index in [1.807, 2.05) is 0 Å². The van der Waals surface area contributed by atoms with Gasteiger partial charge in [-0.05, 0) is 18.2 Å². The second kappa shape index (κ2) is 7.50. The van der Waals surface area contributed by atoms with Crippen molar-refractivity contribution in [2.45, 2.75) is 35.8 Å². The Morgan fingerprint density at radius 1 is 0.667 bits per heavy atom. The van der Waals surface area contributed by atoms with E-state index in [4.69, 9.17) is 23.2 Å². The number of alkyl halides is 13. The number of rotatable bonds is 6. The van der Waals surface area contributed by atoms with E-state index < -0.39 is 52.4 Å². The van der Waals surface area contributed by atoms with Gasteiger partial charge in [-0.2, -0.15) is 57.1 Å². The van der Waals surface area contributed by atoms with Gasteiger partial charge in [-0.3, -0.25) is 4.79 Å². The van der Waals surface area contributed by atoms with E-state index in [-0.39, 0.29) is 5.02 Å². The first-order chi connectivity index (χ1) is 13.1. The highest BCUT2D eigenvalue weighted by atomic mass is 35.5. The molecule has 1 N–H and O–H groups in total. The number of halogens is 15. The minimum Gasteiger partial charge on any atom is -0.321 e. The first-order valence-electron chi connectivity index (χ1n) is 6.78. The minimum absolute atomic E-state index is 0.271. The lowest BCUT2D eigenvalue weighted by molar-refractivity contribution is -0.435. The third-order valence-electron chi connectivity index (χ3n) is 3.40. The molecule has 1 aromatic carbocycles. The number of hydrogen-bond acceptors (Lipinski definition) is 1. The van der Waals surface area contributed by atoms with E-state index in [2.05, 4.69) is 0 Å². The van der Waals surface area contributed by atoms with Crippen molar-refractivity contribution in [2.75, 3.05) is 5.32 Å². The second-order valence-electron chi connectivity index (χ2n) is 5.45. The number of carbonyl (C=O) groups excluding carboxylic acids is 1. The fourth-order valence-corrected chi connectivity index (χ4v) is 1.99. The maximum Gasteiger partial charge on any atom is 0.460 e. The number of amides is 1. The minimum atomic E-state index is -8.09. The molecule has 1 aromatic rings. The number of hydrogen-bond donors (Lipinski definition) is 1. The van der Waals surface area contributed by atoms with E-state index in [1.54, 1.807) is 0 Å². The zero-order valence-corrected chi connectivity index (χ0v) is 14.8. The molecular weight excluding hydrogens is 504 g/mol. The molecule has 0 aliphatic heterocycles. The fraction of sp³-hybridized carbons (Fsp3) is 0.462. The average molecular weight is 508 g/mol. The van der Waals surface area contributed by atoms with Gasteiger partial charge in [0.2, 0.25) is 0 Å². The summed E-state index contributed by atoms with van der Waals surface area (Å²) in [5.41, 5.74) is -0.916. The molecule has 0 bridgehead atoms. The van der Waals surface area contributed by atoms with Crippen LogP contribution in [-0.4, -0.2) is 41.7 Å². The van der Waals surface area contributed by atoms with E-state index in [0.717, 1.165) is 11.4 Å². The van der Waals surface area contributed by atoms with Crippen LogP contribution in [0, 0.1) is 0 Å². The van der Waals surface area contributed by atoms with Crippen LogP contribution in [0.25, 0.3) is 0 Å². The summed E-state index contributed by atoms with van der Waals surface area (Å²) >= 11 is 10.8. The summed E-state index contributed by atoms with van der Waals surface area (Å²) in [7, 11) is 0. The highest BCUT2D eigenvalue weighted by Gasteiger charge is 2.91. The zero-order valence-electron chi connectivity index (χ0n) is 13.3. The number of nitrogens with one attached hydrogen (secondary N) is 1. The maximum absolute atomic E-state index is 13.6. The summed E-state index contributed by atoms with van der Waals surface area (Å²) < 4.78 is 168. The molecule has 0 heterocycles. The van der Waals surface area contributed by atoms with Gasteiger partial charge >= 0.3 is 41.7 Å². The third-order valence-corrected chi connectivity index (χ3v) is 4.14. The average Bonchev–Trinajstić information content (AvgIpc) is 2.56. The molecule has 0 saturated carbocycles. The van der Waals surface area contributed by atoms with Gasteiger partial charge in [0.15, 0.2) is 0 Å². The summed E-state index contributed by atoms with van der Waals surface area (Å²) in [6, 6.07) is 1.90. The van der Waals surface area contributed by atoms with Gasteiger partial charge in [0, 0.05) is 5.69 Å². The second-order valence-corrected chi connectivity index (χ2v) is 6.27. The van der Waals surface area contributed by atoms with Crippen LogP contribution in [-0.2, 0) is 4.79 Å². The lowest BCUT2D eigenvalue weighted by Crippen LogP contribution is -2.71. The summed E-state index contributed by atoms with van der Waals surface area (Å²) in [6.07, 6.45) is -7.53. The predicted octanol–water partition coefficient (Wildman–Crippen LogP) is 6.67. The monoisotopic (exact) mass is 507 g/mol. The molecule has 0 radical (unpaired) electrons. The van der Waals surface area contributed by atoms with Crippen molar-refractivity contribution in [3.05, 3.63) is 28.2 Å². The van der Waals surface area contributed by atoms with Crippen LogP contribution in [0.4, 0.5) is 62.8 Å². The molecule has 0 fully saturated rings. The Morgan fingerprint density at radius 2 is 1.10 bits per heavy atom. The zero-order chi connectivity index (χ0) is 24.1. The summed E-state index contributed by atoms with van der Waals surface area (Å²) in [4.78, 5) is 11.3. The summed E-state index contributed by atoms with van der Waals surface area (Å²) in [5, 5.41) is 0.0837. The molecule has 0 unspecified atom stereocenters. The molecule has 0 aromatic heterocycles. The number of benzene rings is 1. The fourth-order valence-electron chi connectivity index (χ4n) is 1.70. The van der Waals surface area contributed by atoms with Crippen LogP contribution in [0.5, 0.6) is 0 Å². The number of carbonyl (C=O) groups is 1. The van der Waals surface area contributed by atoms with Gasteiger partial charge in [-0.25, -0.2) is 0 Å². The molecule has 0 saturated heterocycles. The smallest absolute Gasteiger partial charge is 0.321 e. The molecule has 0 aliphatic carbocycles. The molecule has 30 heavy (non-hydrogen) atoms. The third kappa shape index (κ3) is 3.85. The molecule has 2 nitrogen and oxygen atoms in total. The van der Waals surface area contributed by atoms with Crippen molar-refractivity contribution in [2.24, 2.45) is 0 Å². The van der Waals surface area contributed by atoms with Gasteiger partial charge in [0.25, 0.3) is 0 Å². The quantitative estimate of drug-likeness (QED) is 0.428. The molecular formula is C13H4Cl2F13NO. The van der Waals surface area contributed by atoms with Crippen LogP contribution in [0.3, 0.4) is 0 Å². The van der Waals surface area contributed by atoms with Crippen molar-refractivity contribution in [1.29, 1.82) is 0 Å². The standard InChI is InChI=1S/C13H4Cl2F13NO/c14-5-2-1-4(3-6(5)15)29-7(30)8(16,17)9(18,19)10(20,21)11(22,23)12(24,25)13(26,27)28/h1-3H,(H,29,30). The van der Waals surface area contributed by atoms with Gasteiger partial charge in [-0.1, -0.05) is 23.2 Å². The maximum atomic E-state index is 13.6. The molecule has 1 rings (SSSR count). The van der Waals surface area contributed by atoms with Gasteiger partial charge < -0.3 is 5.32 Å². The Bertz CT molecular complexity index is 822. The molecule has 172 valence electrons. The van der Waals surface area contributed by atoms with E-state index in [9.17, 15) is 61.9 Å². The lowest BCUT2D eigenvalue weighted by Gasteiger charge is -2.39. The number of anilines is 1. The molecule has 17 heteroatoms. The van der Waals surface area contributed by atoms with Crippen LogP contribution in [0.2, 0.25) is 10.0 Å². The van der Waals surface area contributed by atoms with E-state index in [0.29, 0.717) is 12.1 Å². The lowest BCUT2D eigenvalue weighted by atomic mass is 9.93. The molecule has 0 aliphatic rings. The molecule has 0 atom stereocenters. The van der Waals surface area contributed by atoms with Gasteiger partial charge in [-0.15, -0.1) is 0 Å². The van der Waals surface area contributed by atoms with Crippen molar-refractivity contribution < 1.29 is 61.9 Å². The Morgan fingerprint density at radius 3 is 1.50 bits per heavy atom. The Kier molecular flexibility index (Phi) is 6.60. The first kappa shape index (κ1) is 26.4. The first-order valence-corrected chi connectivity index (χ1v) is 7.53. The van der Waals surface area contributed by atoms with Crippen LogP contribution in [0.15, 0.2) is 18.2 Å². The molecule has 0 spiro atoms. The Labute approximate surface area is 166 Å². The largest absolute Gasteiger partial charge is 0.460 e. The van der Waals surface area contributed by atoms with Crippen molar-refractivity contribution >= 4 is 34.8 Å². The van der Waals surface area contributed by atoms with E-state index >= 15 is 0 Å². The Hall–Kier alpha value is -1.64. The van der Waals surface area contributed by atoms with Crippen LogP contribution >= 0.6 is 23.2 Å². The normalized spacial score (nSPS) is 14.6. The van der Waals surface area contributed by atoms with Crippen LogP contribution < -0.4 is 5.32 Å². The predicted molar refractivity (Wildman–Crippen MR) is 75.9 cm³/mol. The van der Waals surface area contributed by atoms with Crippen molar-refractivity contribution in [3.8, 4) is 0 Å². The summed E-state index contributed by atoms with van der Waals surface area (Å²) in [5.74, 6) is -42.1. The Balaban J connectivity index is 3.40. The van der Waals surface area contributed by atoms with Crippen molar-refractivity contribution in [1.82, 2.24) is 0 Å². The SMILES string of the molecule is O=C(Nc1ccc(Cl)c(Cl)c1)C(F)(F)C(F)(F)C(F)(F)C(F)(F)C(F)(F)C(F)(F)F. The van der Waals surface area contributed by atoms with Gasteiger partial charge in [0.05, 0.1) is 10.0 Å². The highest BCUT2D eigenvalue weighted by molar-refractivity contribution is 6.42. The van der Waals surface area contributed by atoms with Crippen molar-refractivity contribution in [3.63, 3.8) is 0 Å². The van der Waals surface area contributed by atoms with E-state index in [1.165, 1.54) is 0 Å².